The van der Waals surface area contributed by atoms with Crippen LogP contribution in [0.3, 0.4) is 0 Å². The molecular weight excluding hydrogens is 409 g/mol. The Labute approximate surface area is 151 Å². The Kier molecular flexibility index (Phi) is 8.37. The quantitative estimate of drug-likeness (QED) is 0.414. The molecule has 0 unspecified atom stereocenters. The fourth-order valence-corrected chi connectivity index (χ4v) is 24.9. The first-order chi connectivity index (χ1) is 11.2. The molecule has 0 aliphatic carbocycles. The van der Waals surface area contributed by atoms with Gasteiger partial charge in [-0.1, -0.05) is 0 Å². The number of unbranched alkanes of at least 4 members (excludes halogenated alkanes) is 3. The number of ether oxygens (including phenoxy) is 1. The molecule has 2 nitrogen and oxygen atoms in total. The summed E-state index contributed by atoms with van der Waals surface area (Å²) in [6.45, 7) is 11.2. The first-order valence-electron chi connectivity index (χ1n) is 9.72. The van der Waals surface area contributed by atoms with Crippen molar-refractivity contribution in [3.05, 3.63) is 10.7 Å². The number of aryl methyl sites for hydroxylation is 1. The molecule has 0 atom stereocenters. The van der Waals surface area contributed by atoms with Crippen LogP contribution < -0.4 is 2.89 Å². The second-order valence-electron chi connectivity index (χ2n) is 7.29. The Hall–Kier alpha value is 0.389. The van der Waals surface area contributed by atoms with Crippen molar-refractivity contribution in [2.45, 2.75) is 85.4 Å². The van der Waals surface area contributed by atoms with E-state index in [0.29, 0.717) is 5.92 Å². The first kappa shape index (κ1) is 19.7. The van der Waals surface area contributed by atoms with Gasteiger partial charge in [0.05, 0.1) is 0 Å². The number of nitrogens with zero attached hydrogens (tertiary/aromatic N) is 1. The minimum atomic E-state index is -2.28. The van der Waals surface area contributed by atoms with Crippen molar-refractivity contribution in [1.82, 2.24) is 4.98 Å². The van der Waals surface area contributed by atoms with E-state index >= 15 is 0 Å². The van der Waals surface area contributed by atoms with Gasteiger partial charge in [0.1, 0.15) is 0 Å². The molecular formula is C19H35NOSSn. The van der Waals surface area contributed by atoms with Crippen LogP contribution in [0.15, 0.2) is 0 Å². The van der Waals surface area contributed by atoms with E-state index in [0.717, 1.165) is 13.2 Å². The Morgan fingerprint density at radius 2 is 1.52 bits per heavy atom. The number of hydrogen-bond acceptors (Lipinski definition) is 3. The van der Waals surface area contributed by atoms with Gasteiger partial charge in [-0.15, -0.1) is 0 Å². The summed E-state index contributed by atoms with van der Waals surface area (Å²) in [5.74, 6) is 0.597. The van der Waals surface area contributed by atoms with Crippen LogP contribution in [0.2, 0.25) is 13.3 Å². The van der Waals surface area contributed by atoms with Crippen LogP contribution in [0.25, 0.3) is 0 Å². The normalized spacial score (nSPS) is 15.8. The van der Waals surface area contributed by atoms with E-state index in [1.54, 1.807) is 13.3 Å². The predicted octanol–water partition coefficient (Wildman–Crippen LogP) is 5.62. The summed E-state index contributed by atoms with van der Waals surface area (Å²) >= 11 is -0.174. The molecule has 1 aliphatic heterocycles. The Balaban J connectivity index is 2.29. The van der Waals surface area contributed by atoms with E-state index in [4.69, 9.17) is 9.72 Å². The summed E-state index contributed by atoms with van der Waals surface area (Å²) in [5.41, 5.74) is 1.40. The monoisotopic (exact) mass is 445 g/mol. The van der Waals surface area contributed by atoms with Crippen molar-refractivity contribution in [3.63, 3.8) is 0 Å². The SMILES string of the molecule is CCC[CH2][Sn]([CH2]CCC)([CH2]CCC)[c]1sc(C2COC2)nc1C. The Bertz CT molecular complexity index is 448. The van der Waals surface area contributed by atoms with Crippen molar-refractivity contribution in [2.75, 3.05) is 13.2 Å². The van der Waals surface area contributed by atoms with Crippen LogP contribution in [0.5, 0.6) is 0 Å². The van der Waals surface area contributed by atoms with Crippen LogP contribution in [0.1, 0.15) is 75.9 Å². The summed E-state index contributed by atoms with van der Waals surface area (Å²) in [5, 5.41) is 1.38. The number of hydrogen-bond donors (Lipinski definition) is 0. The second kappa shape index (κ2) is 9.76. The third kappa shape index (κ3) is 4.94. The number of aromatic nitrogens is 1. The molecule has 1 aliphatic rings. The van der Waals surface area contributed by atoms with Gasteiger partial charge in [-0.25, -0.2) is 0 Å². The van der Waals surface area contributed by atoms with Crippen molar-refractivity contribution in [1.29, 1.82) is 0 Å². The number of rotatable bonds is 11. The fraction of sp³-hybridized carbons (Fsp3) is 0.842. The molecule has 0 radical (unpaired) electrons. The van der Waals surface area contributed by atoms with E-state index < -0.39 is 18.4 Å². The van der Waals surface area contributed by atoms with Gasteiger partial charge in [0, 0.05) is 0 Å². The molecule has 1 aromatic rings. The van der Waals surface area contributed by atoms with Gasteiger partial charge in [0.25, 0.3) is 0 Å². The maximum absolute atomic E-state index is 5.40. The molecule has 132 valence electrons. The molecule has 0 aromatic carbocycles. The zero-order valence-electron chi connectivity index (χ0n) is 15.6. The standard InChI is InChI=1S/C7H8NOS.3C4H9.Sn/c1-5-4-10-7(8-5)6-2-9-3-6;3*1-3-4-2;/h6H,2-3H2,1H3;3*1,3-4H2,2H3;. The molecule has 0 bridgehead atoms. The van der Waals surface area contributed by atoms with Gasteiger partial charge < -0.3 is 0 Å². The average molecular weight is 444 g/mol. The van der Waals surface area contributed by atoms with Gasteiger partial charge in [-0.3, -0.25) is 0 Å². The minimum absolute atomic E-state index is 0.597. The summed E-state index contributed by atoms with van der Waals surface area (Å²) in [7, 11) is 0. The molecule has 0 spiro atoms. The third-order valence-electron chi connectivity index (χ3n) is 5.31. The average Bonchev–Trinajstić information content (AvgIpc) is 2.87. The van der Waals surface area contributed by atoms with E-state index in [1.165, 1.54) is 49.2 Å². The van der Waals surface area contributed by atoms with Crippen molar-refractivity contribution in [2.24, 2.45) is 0 Å². The molecule has 2 rings (SSSR count). The van der Waals surface area contributed by atoms with Gasteiger partial charge >= 0.3 is 152 Å². The predicted molar refractivity (Wildman–Crippen MR) is 105 cm³/mol. The van der Waals surface area contributed by atoms with E-state index in [9.17, 15) is 0 Å². The van der Waals surface area contributed by atoms with E-state index in [1.807, 2.05) is 2.89 Å². The Morgan fingerprint density at radius 3 is 1.91 bits per heavy atom. The van der Waals surface area contributed by atoms with Crippen LogP contribution in [0.4, 0.5) is 0 Å². The van der Waals surface area contributed by atoms with Crippen molar-refractivity contribution in [3.8, 4) is 0 Å². The molecule has 0 saturated carbocycles. The molecule has 4 heteroatoms. The summed E-state index contributed by atoms with van der Waals surface area (Å²) in [6, 6.07) is 0. The summed E-state index contributed by atoms with van der Waals surface area (Å²) < 4.78 is 11.9. The van der Waals surface area contributed by atoms with Gasteiger partial charge in [-0.05, 0) is 0 Å². The van der Waals surface area contributed by atoms with Crippen LogP contribution in [-0.2, 0) is 4.74 Å². The number of thiazole rings is 1. The molecule has 1 aromatic heterocycles. The summed E-state index contributed by atoms with van der Waals surface area (Å²) in [6.07, 6.45) is 8.34. The second-order valence-corrected chi connectivity index (χ2v) is 22.4. The topological polar surface area (TPSA) is 22.1 Å². The van der Waals surface area contributed by atoms with E-state index in [-0.39, 0.29) is 0 Å². The van der Waals surface area contributed by atoms with Crippen LogP contribution in [0, 0.1) is 6.92 Å². The molecule has 2 heterocycles. The molecule has 1 saturated heterocycles. The van der Waals surface area contributed by atoms with Gasteiger partial charge in [0.2, 0.25) is 0 Å². The zero-order chi connectivity index (χ0) is 16.7. The summed E-state index contributed by atoms with van der Waals surface area (Å²) in [4.78, 5) is 5.01. The molecule has 1 fully saturated rings. The van der Waals surface area contributed by atoms with E-state index in [2.05, 4.69) is 39.0 Å². The van der Waals surface area contributed by atoms with Crippen molar-refractivity contribution < 1.29 is 4.74 Å². The molecule has 0 N–H and O–H groups in total. The zero-order valence-corrected chi connectivity index (χ0v) is 19.3. The van der Waals surface area contributed by atoms with Crippen LogP contribution in [-0.4, -0.2) is 36.6 Å². The maximum atomic E-state index is 5.40. The molecule has 0 amide bonds. The van der Waals surface area contributed by atoms with Crippen LogP contribution >= 0.6 is 11.3 Å². The molecule has 23 heavy (non-hydrogen) atoms. The fourth-order valence-electron chi connectivity index (χ4n) is 3.72. The van der Waals surface area contributed by atoms with Gasteiger partial charge in [-0.2, -0.15) is 0 Å². The third-order valence-corrected chi connectivity index (χ3v) is 25.2. The first-order valence-corrected chi connectivity index (χ1v) is 18.0. The van der Waals surface area contributed by atoms with Crippen molar-refractivity contribution >= 4 is 32.6 Å². The van der Waals surface area contributed by atoms with Gasteiger partial charge in [0.15, 0.2) is 0 Å². The Morgan fingerprint density at radius 1 is 1.00 bits per heavy atom.